The van der Waals surface area contributed by atoms with E-state index in [0.29, 0.717) is 17.2 Å². The molecule has 6 nitrogen and oxygen atoms in total. The topological polar surface area (TPSA) is 87.3 Å². The third kappa shape index (κ3) is 9.53. The van der Waals surface area contributed by atoms with Crippen LogP contribution in [0.2, 0.25) is 0 Å². The highest BCUT2D eigenvalue weighted by atomic mass is 32.2. The predicted octanol–water partition coefficient (Wildman–Crippen LogP) is 10.4. The minimum Gasteiger partial charge on any atom is -0.325 e. The van der Waals surface area contributed by atoms with E-state index in [9.17, 15) is 14.4 Å². The second-order valence-corrected chi connectivity index (χ2v) is 13.7. The lowest BCUT2D eigenvalue weighted by Crippen LogP contribution is -2.30. The van der Waals surface area contributed by atoms with Gasteiger partial charge in [-0.2, -0.15) is 0 Å². The molecule has 6 aromatic rings. The van der Waals surface area contributed by atoms with Gasteiger partial charge < -0.3 is 16.0 Å². The summed E-state index contributed by atoms with van der Waals surface area (Å²) in [6, 6.07) is 51.4. The molecule has 0 aromatic heterocycles. The zero-order valence-electron chi connectivity index (χ0n) is 29.0. The van der Waals surface area contributed by atoms with Gasteiger partial charge in [0, 0.05) is 21.8 Å². The molecular weight excluding hydrogens is 663 g/mol. The molecule has 3 N–H and O–H groups in total. The van der Waals surface area contributed by atoms with Crippen molar-refractivity contribution in [3.8, 4) is 11.1 Å². The van der Waals surface area contributed by atoms with Crippen LogP contribution >= 0.6 is 11.8 Å². The maximum Gasteiger partial charge on any atom is 0.272 e. The number of anilines is 2. The Balaban J connectivity index is 1.22. The van der Waals surface area contributed by atoms with Gasteiger partial charge in [-0.15, -0.1) is 11.8 Å². The lowest BCUT2D eigenvalue weighted by atomic mass is 10.0. The number of thioether (sulfide) groups is 1. The van der Waals surface area contributed by atoms with Gasteiger partial charge in [-0.05, 0) is 82.3 Å². The van der Waals surface area contributed by atoms with Crippen molar-refractivity contribution in [3.63, 3.8) is 0 Å². The number of hydrogen-bond donors (Lipinski definition) is 3. The fourth-order valence-electron chi connectivity index (χ4n) is 5.55. The third-order valence-corrected chi connectivity index (χ3v) is 9.64. The molecule has 6 aromatic carbocycles. The first-order valence-corrected chi connectivity index (χ1v) is 18.0. The molecule has 0 saturated heterocycles. The quantitative estimate of drug-likeness (QED) is 0.0876. The first-order chi connectivity index (χ1) is 25.3. The van der Waals surface area contributed by atoms with Crippen molar-refractivity contribution >= 4 is 46.9 Å². The lowest BCUT2D eigenvalue weighted by molar-refractivity contribution is -0.116. The van der Waals surface area contributed by atoms with Crippen LogP contribution < -0.4 is 16.0 Å². The predicted molar refractivity (Wildman–Crippen MR) is 213 cm³/mol. The van der Waals surface area contributed by atoms with E-state index in [1.165, 1.54) is 17.3 Å². The van der Waals surface area contributed by atoms with Crippen molar-refractivity contribution in [3.05, 3.63) is 192 Å². The van der Waals surface area contributed by atoms with Crippen LogP contribution in [0.4, 0.5) is 11.4 Å². The van der Waals surface area contributed by atoms with E-state index < -0.39 is 17.1 Å². The summed E-state index contributed by atoms with van der Waals surface area (Å²) in [7, 11) is 0. The number of amides is 3. The number of rotatable bonds is 12. The molecule has 0 bridgehead atoms. The van der Waals surface area contributed by atoms with Crippen LogP contribution in [0.25, 0.3) is 17.2 Å². The van der Waals surface area contributed by atoms with Crippen molar-refractivity contribution < 1.29 is 14.4 Å². The van der Waals surface area contributed by atoms with Gasteiger partial charge >= 0.3 is 0 Å². The summed E-state index contributed by atoms with van der Waals surface area (Å²) >= 11 is 1.39. The van der Waals surface area contributed by atoms with Crippen molar-refractivity contribution in [1.29, 1.82) is 0 Å². The number of benzene rings is 6. The molecular formula is C45H39N3O3S. The lowest BCUT2D eigenvalue weighted by Gasteiger charge is -2.18. The fourth-order valence-corrected chi connectivity index (χ4v) is 6.64. The Morgan fingerprint density at radius 1 is 0.577 bits per heavy atom. The minimum absolute atomic E-state index is 0.0874. The van der Waals surface area contributed by atoms with Crippen molar-refractivity contribution in [1.82, 2.24) is 5.32 Å². The maximum absolute atomic E-state index is 13.8. The first-order valence-electron chi connectivity index (χ1n) is 17.1. The van der Waals surface area contributed by atoms with Crippen LogP contribution in [0, 0.1) is 0 Å². The van der Waals surface area contributed by atoms with Crippen LogP contribution in [-0.2, 0) is 9.59 Å². The molecule has 1 unspecified atom stereocenters. The van der Waals surface area contributed by atoms with Crippen LogP contribution in [0.5, 0.6) is 0 Å². The molecule has 1 atom stereocenters. The summed E-state index contributed by atoms with van der Waals surface area (Å²) in [6.07, 6.45) is 1.66. The number of hydrogen-bond acceptors (Lipinski definition) is 4. The average molecular weight is 702 g/mol. The Morgan fingerprint density at radius 2 is 1.19 bits per heavy atom. The van der Waals surface area contributed by atoms with Gasteiger partial charge in [0.25, 0.3) is 11.8 Å². The van der Waals surface area contributed by atoms with Crippen LogP contribution in [0.3, 0.4) is 0 Å². The molecule has 0 spiro atoms. The summed E-state index contributed by atoms with van der Waals surface area (Å²) < 4.78 is 0. The Morgan fingerprint density at radius 3 is 1.85 bits per heavy atom. The van der Waals surface area contributed by atoms with Crippen LogP contribution in [-0.4, -0.2) is 17.7 Å². The highest BCUT2D eigenvalue weighted by molar-refractivity contribution is 8.00. The molecule has 0 aliphatic heterocycles. The van der Waals surface area contributed by atoms with Gasteiger partial charge in [-0.25, -0.2) is 0 Å². The zero-order chi connectivity index (χ0) is 36.3. The van der Waals surface area contributed by atoms with Gasteiger partial charge in [0.15, 0.2) is 0 Å². The Bertz CT molecular complexity index is 2150. The maximum atomic E-state index is 13.8. The molecule has 7 heteroatoms. The van der Waals surface area contributed by atoms with Crippen molar-refractivity contribution in [2.24, 2.45) is 0 Å². The van der Waals surface area contributed by atoms with Gasteiger partial charge in [-0.1, -0.05) is 135 Å². The highest BCUT2D eigenvalue weighted by Crippen LogP contribution is 2.37. The Kier molecular flexibility index (Phi) is 11.8. The summed E-state index contributed by atoms with van der Waals surface area (Å²) in [5, 5.41) is 8.29. The molecule has 6 rings (SSSR count). The number of carbonyl (C=O) groups excluding carboxylic acids is 3. The Hall–Kier alpha value is -6.18. The van der Waals surface area contributed by atoms with E-state index in [2.05, 4.69) is 29.8 Å². The van der Waals surface area contributed by atoms with Gasteiger partial charge in [0.2, 0.25) is 5.91 Å². The average Bonchev–Trinajstić information content (AvgIpc) is 3.18. The Labute approximate surface area is 309 Å². The van der Waals surface area contributed by atoms with E-state index in [1.807, 2.05) is 133 Å². The summed E-state index contributed by atoms with van der Waals surface area (Å²) in [5.41, 5.74) is 6.68. The summed E-state index contributed by atoms with van der Waals surface area (Å²) in [6.45, 7) is 4.27. The van der Waals surface area contributed by atoms with E-state index >= 15 is 0 Å². The zero-order valence-corrected chi connectivity index (χ0v) is 29.8. The molecule has 0 radical (unpaired) electrons. The van der Waals surface area contributed by atoms with Crippen LogP contribution in [0.15, 0.2) is 174 Å². The largest absolute Gasteiger partial charge is 0.325 e. The molecule has 0 aliphatic rings. The van der Waals surface area contributed by atoms with E-state index in [1.54, 1.807) is 36.4 Å². The van der Waals surface area contributed by atoms with Crippen molar-refractivity contribution in [2.75, 3.05) is 10.6 Å². The number of nitrogens with one attached hydrogen (secondary N) is 3. The monoisotopic (exact) mass is 701 g/mol. The molecule has 0 heterocycles. The van der Waals surface area contributed by atoms with Gasteiger partial charge in [0.05, 0.1) is 0 Å². The van der Waals surface area contributed by atoms with Gasteiger partial charge in [-0.3, -0.25) is 14.4 Å². The van der Waals surface area contributed by atoms with E-state index in [0.717, 1.165) is 32.8 Å². The van der Waals surface area contributed by atoms with E-state index in [4.69, 9.17) is 0 Å². The van der Waals surface area contributed by atoms with Gasteiger partial charge in [0.1, 0.15) is 10.9 Å². The number of carbonyl (C=O) groups is 3. The SMILES string of the molecule is CC(C)c1ccc(NC(=O)C(Sc2cccc(NC(=O)/C(=C\c3ccc(-c4ccccc4)cc3)NC(=O)c3ccccc3)c2)c2ccccc2)cc1. The molecule has 0 saturated carbocycles. The summed E-state index contributed by atoms with van der Waals surface area (Å²) in [4.78, 5) is 41.6. The van der Waals surface area contributed by atoms with Crippen LogP contribution in [0.1, 0.15) is 52.1 Å². The molecule has 52 heavy (non-hydrogen) atoms. The fraction of sp³-hybridized carbons (Fsp3) is 0.0889. The molecule has 258 valence electrons. The normalized spacial score (nSPS) is 11.8. The third-order valence-electron chi connectivity index (χ3n) is 8.39. The first kappa shape index (κ1) is 35.6. The van der Waals surface area contributed by atoms with E-state index in [-0.39, 0.29) is 11.6 Å². The summed E-state index contributed by atoms with van der Waals surface area (Å²) in [5.74, 6) is -0.651. The second-order valence-electron chi connectivity index (χ2n) is 12.5. The molecule has 0 fully saturated rings. The highest BCUT2D eigenvalue weighted by Gasteiger charge is 2.23. The standard InChI is InChI=1S/C45H39N3O3S/c1-31(2)33-25-27-38(28-26-33)46-45(51)42(36-15-8-4-9-16-36)52-40-20-12-19-39(30-40)47-44(50)41(48-43(49)37-17-10-5-11-18-37)29-32-21-23-35(24-22-32)34-13-6-3-7-14-34/h3-31,42H,1-2H3,(H,46,51)(H,47,50)(H,48,49)/b41-29+. The molecule has 0 aliphatic carbocycles. The second kappa shape index (κ2) is 17.2. The molecule has 3 amide bonds. The smallest absolute Gasteiger partial charge is 0.272 e. The minimum atomic E-state index is -0.559. The van der Waals surface area contributed by atoms with Crippen molar-refractivity contribution in [2.45, 2.75) is 29.9 Å².